The molecule has 1 aliphatic heterocycles. The fraction of sp³-hybridized carbons (Fsp3) is 0.538. The highest BCUT2D eigenvalue weighted by atomic mass is 31.2. The van der Waals surface area contributed by atoms with Gasteiger partial charge in [0.05, 0.1) is 11.2 Å². The number of rotatable bonds is 1. The molecule has 0 radical (unpaired) electrons. The Labute approximate surface area is 120 Å². The van der Waals surface area contributed by atoms with Crippen LogP contribution in [-0.2, 0) is 13.9 Å². The summed E-state index contributed by atoms with van der Waals surface area (Å²) in [6.45, 7) is 9.12. The van der Waals surface area contributed by atoms with Gasteiger partial charge in [-0.25, -0.2) is 0 Å². The molecule has 0 aliphatic carbocycles. The summed E-state index contributed by atoms with van der Waals surface area (Å²) >= 11 is 0. The minimum Gasteiger partial charge on any atom is -0.399 e. The smallest absolute Gasteiger partial charge is 0.399 e. The first-order valence-corrected chi connectivity index (χ1v) is 8.42. The zero-order chi connectivity index (χ0) is 15.6. The Hall–Kier alpha value is -0.645. The Bertz CT molecular complexity index is 459. The summed E-state index contributed by atoms with van der Waals surface area (Å²) in [5, 5.41) is 0. The minimum atomic E-state index is -3.64. The average molecular weight is 300 g/mol. The maximum absolute atomic E-state index is 9.33. The predicted octanol–water partition coefficient (Wildman–Crippen LogP) is 1.78. The Morgan fingerprint density at radius 2 is 1.35 bits per heavy atom. The molecule has 1 fully saturated rings. The molecule has 0 spiro atoms. The average Bonchev–Trinajstić information content (AvgIpc) is 2.47. The van der Waals surface area contributed by atoms with E-state index in [0.717, 1.165) is 12.1 Å². The fourth-order valence-corrected chi connectivity index (χ4v) is 1.59. The molecule has 112 valence electrons. The van der Waals surface area contributed by atoms with Gasteiger partial charge >= 0.3 is 14.7 Å². The first kappa shape index (κ1) is 17.4. The molecule has 1 heterocycles. The zero-order valence-corrected chi connectivity index (χ0v) is 13.4. The van der Waals surface area contributed by atoms with Gasteiger partial charge in [0.15, 0.2) is 0 Å². The summed E-state index contributed by atoms with van der Waals surface area (Å²) in [5.74, 6) is 0. The van der Waals surface area contributed by atoms with Crippen molar-refractivity contribution in [1.82, 2.24) is 0 Å². The van der Waals surface area contributed by atoms with Crippen molar-refractivity contribution in [3.05, 3.63) is 30.3 Å². The van der Waals surface area contributed by atoms with E-state index in [1.54, 1.807) is 0 Å². The topological polar surface area (TPSA) is 76.0 Å². The van der Waals surface area contributed by atoms with E-state index in [9.17, 15) is 4.57 Å². The molecule has 20 heavy (non-hydrogen) atoms. The molecule has 1 aromatic carbocycles. The standard InChI is InChI=1S/C12H17BO2.CH5O3P/c1-11(2)12(3,4)15-13(14-11)10-8-6-5-7-9-10;1-5(2,3)4/h5-9H,1-4H3;1H3,(H2,2,3,4). The molecular weight excluding hydrogens is 278 g/mol. The van der Waals surface area contributed by atoms with Gasteiger partial charge in [0.2, 0.25) is 0 Å². The minimum absolute atomic E-state index is 0.240. The van der Waals surface area contributed by atoms with Gasteiger partial charge in [0, 0.05) is 6.66 Å². The first-order valence-electron chi connectivity index (χ1n) is 6.36. The van der Waals surface area contributed by atoms with Gasteiger partial charge in [-0.2, -0.15) is 0 Å². The number of hydrogen-bond donors (Lipinski definition) is 2. The molecule has 0 saturated carbocycles. The van der Waals surface area contributed by atoms with Gasteiger partial charge in [-0.1, -0.05) is 30.3 Å². The van der Waals surface area contributed by atoms with Crippen molar-refractivity contribution in [2.75, 3.05) is 6.66 Å². The lowest BCUT2D eigenvalue weighted by Gasteiger charge is -2.32. The van der Waals surface area contributed by atoms with E-state index in [4.69, 9.17) is 19.1 Å². The summed E-state index contributed by atoms with van der Waals surface area (Å²) in [4.78, 5) is 15.3. The third-order valence-electron chi connectivity index (χ3n) is 3.32. The lowest BCUT2D eigenvalue weighted by atomic mass is 9.79. The van der Waals surface area contributed by atoms with Crippen molar-refractivity contribution in [3.63, 3.8) is 0 Å². The van der Waals surface area contributed by atoms with Crippen molar-refractivity contribution in [2.45, 2.75) is 38.9 Å². The van der Waals surface area contributed by atoms with Crippen LogP contribution < -0.4 is 5.46 Å². The molecule has 1 saturated heterocycles. The van der Waals surface area contributed by atoms with Gasteiger partial charge in [-0.3, -0.25) is 4.57 Å². The lowest BCUT2D eigenvalue weighted by molar-refractivity contribution is 0.00578. The highest BCUT2D eigenvalue weighted by Crippen LogP contribution is 2.36. The van der Waals surface area contributed by atoms with E-state index in [1.165, 1.54) is 0 Å². The normalized spacial score (nSPS) is 20.2. The van der Waals surface area contributed by atoms with E-state index in [2.05, 4.69) is 27.7 Å². The summed E-state index contributed by atoms with van der Waals surface area (Å²) in [5.41, 5.74) is 0.567. The molecule has 1 aliphatic rings. The van der Waals surface area contributed by atoms with Crippen LogP contribution in [0.5, 0.6) is 0 Å². The zero-order valence-electron chi connectivity index (χ0n) is 12.5. The van der Waals surface area contributed by atoms with Crippen LogP contribution in [0.25, 0.3) is 0 Å². The van der Waals surface area contributed by atoms with Crippen LogP contribution in [0.2, 0.25) is 0 Å². The molecule has 0 atom stereocenters. The molecule has 0 aromatic heterocycles. The summed E-state index contributed by atoms with van der Waals surface area (Å²) in [6, 6.07) is 10.1. The highest BCUT2D eigenvalue weighted by molar-refractivity contribution is 7.50. The van der Waals surface area contributed by atoms with Crippen molar-refractivity contribution in [3.8, 4) is 0 Å². The van der Waals surface area contributed by atoms with Crippen LogP contribution in [0.3, 0.4) is 0 Å². The van der Waals surface area contributed by atoms with Gasteiger partial charge in [0.1, 0.15) is 0 Å². The van der Waals surface area contributed by atoms with Crippen LogP contribution in [0.4, 0.5) is 0 Å². The largest absolute Gasteiger partial charge is 0.494 e. The van der Waals surface area contributed by atoms with Crippen LogP contribution in [0.15, 0.2) is 30.3 Å². The molecule has 7 heteroatoms. The summed E-state index contributed by atoms with van der Waals surface area (Å²) in [7, 11) is -3.88. The molecule has 5 nitrogen and oxygen atoms in total. The van der Waals surface area contributed by atoms with Gasteiger partial charge in [0.25, 0.3) is 0 Å². The SMILES string of the molecule is CC1(C)OB(c2ccccc2)OC1(C)C.CP(=O)(O)O. The van der Waals surface area contributed by atoms with Crippen LogP contribution in [0.1, 0.15) is 27.7 Å². The fourth-order valence-electron chi connectivity index (χ4n) is 1.59. The molecule has 0 bridgehead atoms. The first-order chi connectivity index (χ1) is 8.92. The van der Waals surface area contributed by atoms with Crippen molar-refractivity contribution in [1.29, 1.82) is 0 Å². The highest BCUT2D eigenvalue weighted by Gasteiger charge is 2.51. The van der Waals surface area contributed by atoms with Crippen molar-refractivity contribution in [2.24, 2.45) is 0 Å². The van der Waals surface area contributed by atoms with Crippen LogP contribution in [0, 0.1) is 0 Å². The van der Waals surface area contributed by atoms with Gasteiger partial charge in [-0.05, 0) is 33.2 Å². The quantitative estimate of drug-likeness (QED) is 0.611. The Morgan fingerprint density at radius 3 is 1.70 bits per heavy atom. The second kappa shape index (κ2) is 6.00. The second-order valence-electron chi connectivity index (χ2n) is 5.83. The monoisotopic (exact) mass is 300 g/mol. The molecule has 2 rings (SSSR count). The van der Waals surface area contributed by atoms with E-state index in [0.29, 0.717) is 0 Å². The molecule has 0 unspecified atom stereocenters. The lowest BCUT2D eigenvalue weighted by Crippen LogP contribution is -2.41. The van der Waals surface area contributed by atoms with E-state index < -0.39 is 7.60 Å². The maximum atomic E-state index is 9.33. The van der Waals surface area contributed by atoms with Crippen molar-refractivity contribution >= 4 is 20.2 Å². The van der Waals surface area contributed by atoms with Crippen LogP contribution in [-0.4, -0.2) is 34.8 Å². The van der Waals surface area contributed by atoms with E-state index in [-0.39, 0.29) is 18.3 Å². The van der Waals surface area contributed by atoms with E-state index in [1.807, 2.05) is 30.3 Å². The predicted molar refractivity (Wildman–Crippen MR) is 80.1 cm³/mol. The molecule has 0 amide bonds. The van der Waals surface area contributed by atoms with Crippen molar-refractivity contribution < 1.29 is 23.7 Å². The van der Waals surface area contributed by atoms with Crippen LogP contribution >= 0.6 is 7.60 Å². The third-order valence-corrected chi connectivity index (χ3v) is 3.32. The number of hydrogen-bond acceptors (Lipinski definition) is 3. The Balaban J connectivity index is 0.000000347. The molecular formula is C13H22BO5P. The maximum Gasteiger partial charge on any atom is 0.494 e. The summed E-state index contributed by atoms with van der Waals surface area (Å²) in [6.07, 6.45) is 0. The Morgan fingerprint density at radius 1 is 1.00 bits per heavy atom. The second-order valence-corrected chi connectivity index (χ2v) is 7.50. The van der Waals surface area contributed by atoms with Gasteiger partial charge < -0.3 is 19.1 Å². The Kier molecular flexibility index (Phi) is 5.22. The molecule has 2 N–H and O–H groups in total. The van der Waals surface area contributed by atoms with E-state index >= 15 is 0 Å². The molecule has 1 aromatic rings. The summed E-state index contributed by atoms with van der Waals surface area (Å²) < 4.78 is 21.2. The van der Waals surface area contributed by atoms with Gasteiger partial charge in [-0.15, -0.1) is 0 Å². The third kappa shape index (κ3) is 5.04. The number of benzene rings is 1.